The lowest BCUT2D eigenvalue weighted by molar-refractivity contribution is 0.0143. The second kappa shape index (κ2) is 3.35. The van der Waals surface area contributed by atoms with Gasteiger partial charge in [0.15, 0.2) is 0 Å². The van der Waals surface area contributed by atoms with Crippen LogP contribution in [0.3, 0.4) is 0 Å². The number of fused-ring (bicyclic) bond motifs is 1. The third kappa shape index (κ3) is 1.38. The van der Waals surface area contributed by atoms with E-state index >= 15 is 0 Å². The molecule has 2 fully saturated rings. The van der Waals surface area contributed by atoms with Gasteiger partial charge in [-0.1, -0.05) is 6.42 Å². The molecule has 70 valence electrons. The lowest BCUT2D eigenvalue weighted by atomic mass is 9.76. The molecule has 2 rings (SSSR count). The van der Waals surface area contributed by atoms with E-state index < -0.39 is 0 Å². The van der Waals surface area contributed by atoms with Crippen LogP contribution in [0.4, 0.5) is 0 Å². The molecule has 0 aromatic carbocycles. The summed E-state index contributed by atoms with van der Waals surface area (Å²) in [5.74, 6) is 1.52. The topological polar surface area (TPSA) is 35.2 Å². The molecule has 0 aromatic heterocycles. The van der Waals surface area contributed by atoms with Crippen molar-refractivity contribution in [2.45, 2.75) is 44.8 Å². The third-order valence-electron chi connectivity index (χ3n) is 3.46. The van der Waals surface area contributed by atoms with E-state index in [2.05, 4.69) is 6.92 Å². The molecule has 4 unspecified atom stereocenters. The first-order valence-corrected chi connectivity index (χ1v) is 5.16. The Labute approximate surface area is 74.5 Å². The summed E-state index contributed by atoms with van der Waals surface area (Å²) in [6.45, 7) is 3.04. The van der Waals surface area contributed by atoms with Crippen molar-refractivity contribution in [1.29, 1.82) is 0 Å². The quantitative estimate of drug-likeness (QED) is 0.646. The zero-order valence-corrected chi connectivity index (χ0v) is 7.83. The molecule has 2 heteroatoms. The van der Waals surface area contributed by atoms with Crippen LogP contribution in [-0.2, 0) is 4.74 Å². The molecule has 12 heavy (non-hydrogen) atoms. The van der Waals surface area contributed by atoms with Gasteiger partial charge in [0.2, 0.25) is 0 Å². The fourth-order valence-corrected chi connectivity index (χ4v) is 2.86. The second-order valence-electron chi connectivity index (χ2n) is 4.31. The first-order valence-electron chi connectivity index (χ1n) is 5.16. The van der Waals surface area contributed by atoms with Gasteiger partial charge >= 0.3 is 0 Å². The number of hydrogen-bond acceptors (Lipinski definition) is 2. The predicted octanol–water partition coefficient (Wildman–Crippen LogP) is 1.54. The molecule has 0 bridgehead atoms. The smallest absolute Gasteiger partial charge is 0.0611 e. The maximum absolute atomic E-state index is 5.84. The Balaban J connectivity index is 2.02. The highest BCUT2D eigenvalue weighted by Gasteiger charge is 2.39. The minimum absolute atomic E-state index is 0.479. The van der Waals surface area contributed by atoms with E-state index in [0.717, 1.165) is 18.4 Å². The summed E-state index contributed by atoms with van der Waals surface area (Å²) in [7, 11) is 0. The molecule has 2 nitrogen and oxygen atoms in total. The highest BCUT2D eigenvalue weighted by atomic mass is 16.5. The summed E-state index contributed by atoms with van der Waals surface area (Å²) >= 11 is 0. The van der Waals surface area contributed by atoms with Crippen LogP contribution in [0.2, 0.25) is 0 Å². The molecule has 0 amide bonds. The summed E-state index contributed by atoms with van der Waals surface area (Å²) in [5, 5.41) is 0. The van der Waals surface area contributed by atoms with Gasteiger partial charge in [0.1, 0.15) is 0 Å². The Morgan fingerprint density at radius 3 is 3.00 bits per heavy atom. The van der Waals surface area contributed by atoms with E-state index in [1.807, 2.05) is 0 Å². The van der Waals surface area contributed by atoms with Gasteiger partial charge in [0.25, 0.3) is 0 Å². The molecule has 1 aliphatic heterocycles. The van der Waals surface area contributed by atoms with Gasteiger partial charge in [-0.2, -0.15) is 0 Å². The summed E-state index contributed by atoms with van der Waals surface area (Å²) < 4.78 is 5.84. The lowest BCUT2D eigenvalue weighted by Crippen LogP contribution is -2.33. The van der Waals surface area contributed by atoms with Crippen LogP contribution >= 0.6 is 0 Å². The average molecular weight is 169 g/mol. The Kier molecular flexibility index (Phi) is 2.37. The van der Waals surface area contributed by atoms with Crippen molar-refractivity contribution in [2.24, 2.45) is 17.6 Å². The minimum atomic E-state index is 0.479. The molecule has 1 saturated carbocycles. The molecule has 1 aliphatic carbocycles. The van der Waals surface area contributed by atoms with E-state index in [4.69, 9.17) is 10.5 Å². The first kappa shape index (κ1) is 8.52. The van der Waals surface area contributed by atoms with Crippen LogP contribution in [0.25, 0.3) is 0 Å². The molecule has 2 aliphatic rings. The SMILES string of the molecule is CC1CC2C(CN)CCCC2O1. The summed E-state index contributed by atoms with van der Waals surface area (Å²) in [6, 6.07) is 0. The molecule has 2 N–H and O–H groups in total. The molecule has 0 radical (unpaired) electrons. The van der Waals surface area contributed by atoms with Gasteiger partial charge in [0, 0.05) is 0 Å². The summed E-state index contributed by atoms with van der Waals surface area (Å²) in [5.41, 5.74) is 5.75. The van der Waals surface area contributed by atoms with Crippen LogP contribution in [0.15, 0.2) is 0 Å². The third-order valence-corrected chi connectivity index (χ3v) is 3.46. The van der Waals surface area contributed by atoms with Crippen LogP contribution in [-0.4, -0.2) is 18.8 Å². The highest BCUT2D eigenvalue weighted by Crippen LogP contribution is 2.40. The fourth-order valence-electron chi connectivity index (χ4n) is 2.86. The van der Waals surface area contributed by atoms with Crippen LogP contribution < -0.4 is 5.73 Å². The predicted molar refractivity (Wildman–Crippen MR) is 48.8 cm³/mol. The fraction of sp³-hybridized carbons (Fsp3) is 1.00. The Hall–Kier alpha value is -0.0800. The normalized spacial score (nSPS) is 47.5. The van der Waals surface area contributed by atoms with Gasteiger partial charge in [-0.3, -0.25) is 0 Å². The second-order valence-corrected chi connectivity index (χ2v) is 4.31. The molecule has 4 atom stereocenters. The standard InChI is InChI=1S/C10H19NO/c1-7-5-9-8(6-11)3-2-4-10(9)12-7/h7-10H,2-6,11H2,1H3. The van der Waals surface area contributed by atoms with Crippen molar-refractivity contribution < 1.29 is 4.74 Å². The largest absolute Gasteiger partial charge is 0.375 e. The van der Waals surface area contributed by atoms with Crippen molar-refractivity contribution in [3.63, 3.8) is 0 Å². The molecule has 0 spiro atoms. The first-order chi connectivity index (χ1) is 5.81. The zero-order chi connectivity index (χ0) is 8.55. The Morgan fingerprint density at radius 1 is 1.42 bits per heavy atom. The Bertz CT molecular complexity index is 154. The average Bonchev–Trinajstić information content (AvgIpc) is 2.44. The van der Waals surface area contributed by atoms with E-state index in [9.17, 15) is 0 Å². The van der Waals surface area contributed by atoms with Crippen LogP contribution in [0.1, 0.15) is 32.6 Å². The molecular weight excluding hydrogens is 150 g/mol. The monoisotopic (exact) mass is 169 g/mol. The van der Waals surface area contributed by atoms with Gasteiger partial charge < -0.3 is 10.5 Å². The van der Waals surface area contributed by atoms with Crippen molar-refractivity contribution in [1.82, 2.24) is 0 Å². The highest BCUT2D eigenvalue weighted by molar-refractivity contribution is 4.89. The number of rotatable bonds is 1. The number of hydrogen-bond donors (Lipinski definition) is 1. The van der Waals surface area contributed by atoms with Gasteiger partial charge in [-0.15, -0.1) is 0 Å². The molecular formula is C10H19NO. The van der Waals surface area contributed by atoms with Crippen molar-refractivity contribution in [2.75, 3.05) is 6.54 Å². The van der Waals surface area contributed by atoms with E-state index in [-0.39, 0.29) is 0 Å². The molecule has 1 saturated heterocycles. The lowest BCUT2D eigenvalue weighted by Gasteiger charge is -2.31. The van der Waals surface area contributed by atoms with Crippen molar-refractivity contribution in [3.8, 4) is 0 Å². The van der Waals surface area contributed by atoms with E-state index in [1.165, 1.54) is 25.7 Å². The maximum Gasteiger partial charge on any atom is 0.0611 e. The van der Waals surface area contributed by atoms with Crippen LogP contribution in [0, 0.1) is 11.8 Å². The van der Waals surface area contributed by atoms with Crippen molar-refractivity contribution in [3.05, 3.63) is 0 Å². The Morgan fingerprint density at radius 2 is 2.25 bits per heavy atom. The van der Waals surface area contributed by atoms with Gasteiger partial charge in [-0.25, -0.2) is 0 Å². The number of ether oxygens (including phenoxy) is 1. The summed E-state index contributed by atoms with van der Waals surface area (Å²) in [4.78, 5) is 0. The molecule has 1 heterocycles. The summed E-state index contributed by atoms with van der Waals surface area (Å²) in [6.07, 6.45) is 6.18. The van der Waals surface area contributed by atoms with Crippen molar-refractivity contribution >= 4 is 0 Å². The number of nitrogens with two attached hydrogens (primary N) is 1. The van der Waals surface area contributed by atoms with Gasteiger partial charge in [0.05, 0.1) is 12.2 Å². The van der Waals surface area contributed by atoms with E-state index in [1.54, 1.807) is 0 Å². The van der Waals surface area contributed by atoms with Gasteiger partial charge in [-0.05, 0) is 44.6 Å². The van der Waals surface area contributed by atoms with E-state index in [0.29, 0.717) is 12.2 Å². The minimum Gasteiger partial charge on any atom is -0.375 e. The molecule has 0 aromatic rings. The maximum atomic E-state index is 5.84. The zero-order valence-electron chi connectivity index (χ0n) is 7.83. The van der Waals surface area contributed by atoms with Crippen LogP contribution in [0.5, 0.6) is 0 Å².